The Balaban J connectivity index is 2.43. The summed E-state index contributed by atoms with van der Waals surface area (Å²) in [6.45, 7) is 0.648. The summed E-state index contributed by atoms with van der Waals surface area (Å²) in [5.74, 6) is 0. The van der Waals surface area contributed by atoms with Crippen molar-refractivity contribution in [1.29, 1.82) is 0 Å². The quantitative estimate of drug-likeness (QED) is 0.733. The van der Waals surface area contributed by atoms with Crippen molar-refractivity contribution in [3.8, 4) is 11.1 Å². The number of rotatable bonds is 3. The van der Waals surface area contributed by atoms with Gasteiger partial charge in [0.1, 0.15) is 0 Å². The fourth-order valence-electron chi connectivity index (χ4n) is 1.65. The number of benzene rings is 2. The Morgan fingerprint density at radius 2 is 1.80 bits per heavy atom. The molecule has 1 radical (unpaired) electrons. The maximum atomic E-state index is 5.18. The van der Waals surface area contributed by atoms with Crippen molar-refractivity contribution in [3.63, 3.8) is 0 Å². The van der Waals surface area contributed by atoms with E-state index < -0.39 is 0 Å². The lowest BCUT2D eigenvalue weighted by molar-refractivity contribution is 0.185. The molecule has 0 N–H and O–H groups in total. The zero-order chi connectivity index (χ0) is 10.5. The van der Waals surface area contributed by atoms with Gasteiger partial charge in [-0.15, -0.1) is 0 Å². The molecule has 2 aromatic carbocycles. The standard InChI is InChI=1S/C14H13O/c1-15-11-13-9-5-6-10-14(13)12-7-3-2-4-8-12/h3-10H,11H2,1H3. The highest BCUT2D eigenvalue weighted by molar-refractivity contribution is 5.66. The van der Waals surface area contributed by atoms with Crippen molar-refractivity contribution in [2.45, 2.75) is 6.61 Å². The fourth-order valence-corrected chi connectivity index (χ4v) is 1.65. The zero-order valence-corrected chi connectivity index (χ0v) is 8.73. The Kier molecular flexibility index (Phi) is 3.15. The van der Waals surface area contributed by atoms with Crippen LogP contribution >= 0.6 is 0 Å². The van der Waals surface area contributed by atoms with Crippen LogP contribution in [-0.2, 0) is 11.3 Å². The summed E-state index contributed by atoms with van der Waals surface area (Å²) in [6, 6.07) is 19.3. The summed E-state index contributed by atoms with van der Waals surface area (Å²) in [7, 11) is 1.72. The summed E-state index contributed by atoms with van der Waals surface area (Å²) >= 11 is 0. The van der Waals surface area contributed by atoms with E-state index in [1.54, 1.807) is 7.11 Å². The molecule has 0 amide bonds. The van der Waals surface area contributed by atoms with Gasteiger partial charge in [-0.25, -0.2) is 0 Å². The van der Waals surface area contributed by atoms with Crippen LogP contribution in [0.4, 0.5) is 0 Å². The van der Waals surface area contributed by atoms with Crippen LogP contribution < -0.4 is 0 Å². The lowest BCUT2D eigenvalue weighted by atomic mass is 10.0. The first-order chi connectivity index (χ1) is 7.42. The molecule has 0 atom stereocenters. The third kappa shape index (κ3) is 2.25. The monoisotopic (exact) mass is 197 g/mol. The van der Waals surface area contributed by atoms with E-state index in [0.29, 0.717) is 6.61 Å². The van der Waals surface area contributed by atoms with Crippen LogP contribution in [-0.4, -0.2) is 7.11 Å². The van der Waals surface area contributed by atoms with E-state index in [1.165, 1.54) is 16.7 Å². The summed E-state index contributed by atoms with van der Waals surface area (Å²) in [5.41, 5.74) is 3.65. The first-order valence-electron chi connectivity index (χ1n) is 4.95. The van der Waals surface area contributed by atoms with Crippen molar-refractivity contribution >= 4 is 0 Å². The normalized spacial score (nSPS) is 10.2. The van der Waals surface area contributed by atoms with Gasteiger partial charge in [0.05, 0.1) is 6.61 Å². The average molecular weight is 197 g/mol. The lowest BCUT2D eigenvalue weighted by Gasteiger charge is -2.08. The Bertz CT molecular complexity index is 420. The maximum Gasteiger partial charge on any atom is 0.0719 e. The van der Waals surface area contributed by atoms with E-state index >= 15 is 0 Å². The molecule has 0 saturated carbocycles. The second kappa shape index (κ2) is 4.76. The summed E-state index contributed by atoms with van der Waals surface area (Å²) in [4.78, 5) is 0. The van der Waals surface area contributed by atoms with Gasteiger partial charge in [-0.05, 0) is 22.8 Å². The minimum Gasteiger partial charge on any atom is -0.380 e. The van der Waals surface area contributed by atoms with Gasteiger partial charge in [-0.1, -0.05) is 48.5 Å². The van der Waals surface area contributed by atoms with Gasteiger partial charge in [-0.3, -0.25) is 0 Å². The highest BCUT2D eigenvalue weighted by Crippen LogP contribution is 2.23. The first kappa shape index (κ1) is 9.94. The average Bonchev–Trinajstić information content (AvgIpc) is 2.31. The largest absolute Gasteiger partial charge is 0.380 e. The highest BCUT2D eigenvalue weighted by atomic mass is 16.5. The molecule has 0 aliphatic rings. The molecule has 0 saturated heterocycles. The first-order valence-corrected chi connectivity index (χ1v) is 4.95. The third-order valence-corrected chi connectivity index (χ3v) is 2.35. The van der Waals surface area contributed by atoms with Gasteiger partial charge in [0.15, 0.2) is 0 Å². The van der Waals surface area contributed by atoms with Gasteiger partial charge < -0.3 is 4.74 Å². The third-order valence-electron chi connectivity index (χ3n) is 2.35. The van der Waals surface area contributed by atoms with Crippen LogP contribution in [0.5, 0.6) is 0 Å². The van der Waals surface area contributed by atoms with Crippen LogP contribution in [0.1, 0.15) is 5.56 Å². The number of methoxy groups -OCH3 is 1. The van der Waals surface area contributed by atoms with Crippen molar-refractivity contribution in [2.24, 2.45) is 0 Å². The molecule has 0 aliphatic heterocycles. The van der Waals surface area contributed by atoms with E-state index in [-0.39, 0.29) is 0 Å². The molecule has 15 heavy (non-hydrogen) atoms. The Labute approximate surface area is 90.3 Å². The van der Waals surface area contributed by atoms with E-state index in [9.17, 15) is 0 Å². The van der Waals surface area contributed by atoms with Crippen LogP contribution in [0.25, 0.3) is 11.1 Å². The number of hydrogen-bond acceptors (Lipinski definition) is 1. The van der Waals surface area contributed by atoms with Crippen molar-refractivity contribution < 1.29 is 4.74 Å². The van der Waals surface area contributed by atoms with Gasteiger partial charge in [0, 0.05) is 7.11 Å². The Morgan fingerprint density at radius 1 is 1.07 bits per heavy atom. The molecule has 0 spiro atoms. The van der Waals surface area contributed by atoms with Gasteiger partial charge in [-0.2, -0.15) is 0 Å². The molecule has 0 unspecified atom stereocenters. The maximum absolute atomic E-state index is 5.18. The van der Waals surface area contributed by atoms with E-state index in [1.807, 2.05) is 24.3 Å². The molecule has 1 heteroatoms. The van der Waals surface area contributed by atoms with Crippen LogP contribution in [0.2, 0.25) is 0 Å². The minimum absolute atomic E-state index is 0.648. The molecule has 2 rings (SSSR count). The number of hydrogen-bond donors (Lipinski definition) is 0. The molecule has 2 aromatic rings. The van der Waals surface area contributed by atoms with Gasteiger partial charge in [0.2, 0.25) is 0 Å². The van der Waals surface area contributed by atoms with E-state index in [0.717, 1.165) is 0 Å². The van der Waals surface area contributed by atoms with Gasteiger partial charge >= 0.3 is 0 Å². The van der Waals surface area contributed by atoms with E-state index in [2.05, 4.69) is 30.3 Å². The molecule has 0 aromatic heterocycles. The zero-order valence-electron chi connectivity index (χ0n) is 8.73. The molecular weight excluding hydrogens is 184 g/mol. The second-order valence-corrected chi connectivity index (χ2v) is 3.38. The molecule has 75 valence electrons. The fraction of sp³-hybridized carbons (Fsp3) is 0.143. The van der Waals surface area contributed by atoms with Crippen molar-refractivity contribution in [1.82, 2.24) is 0 Å². The molecule has 1 nitrogen and oxygen atoms in total. The second-order valence-electron chi connectivity index (χ2n) is 3.38. The lowest BCUT2D eigenvalue weighted by Crippen LogP contribution is -1.91. The Morgan fingerprint density at radius 3 is 2.53 bits per heavy atom. The smallest absolute Gasteiger partial charge is 0.0719 e. The SMILES string of the molecule is COCc1ccccc1-c1cc[c]cc1. The molecule has 0 fully saturated rings. The summed E-state index contributed by atoms with van der Waals surface area (Å²) in [5, 5.41) is 0. The molecule has 0 bridgehead atoms. The summed E-state index contributed by atoms with van der Waals surface area (Å²) < 4.78 is 5.18. The highest BCUT2D eigenvalue weighted by Gasteiger charge is 2.02. The van der Waals surface area contributed by atoms with Crippen LogP contribution in [0.15, 0.2) is 48.5 Å². The molecule has 0 aliphatic carbocycles. The predicted molar refractivity (Wildman–Crippen MR) is 61.4 cm³/mol. The Hall–Kier alpha value is -1.60. The molecular formula is C14H13O. The topological polar surface area (TPSA) is 9.23 Å². The van der Waals surface area contributed by atoms with Crippen molar-refractivity contribution in [3.05, 3.63) is 60.2 Å². The summed E-state index contributed by atoms with van der Waals surface area (Å²) in [6.07, 6.45) is 0. The molecule has 0 heterocycles. The van der Waals surface area contributed by atoms with Crippen molar-refractivity contribution in [2.75, 3.05) is 7.11 Å². The predicted octanol–water partition coefficient (Wildman–Crippen LogP) is 3.30. The van der Waals surface area contributed by atoms with Gasteiger partial charge in [0.25, 0.3) is 0 Å². The van der Waals surface area contributed by atoms with E-state index in [4.69, 9.17) is 4.74 Å². The van der Waals surface area contributed by atoms with Crippen LogP contribution in [0, 0.1) is 6.07 Å². The number of ether oxygens (including phenoxy) is 1. The van der Waals surface area contributed by atoms with Crippen LogP contribution in [0.3, 0.4) is 0 Å². The minimum atomic E-state index is 0.648.